The van der Waals surface area contributed by atoms with Crippen LogP contribution in [0.15, 0.2) is 4.99 Å². The van der Waals surface area contributed by atoms with Gasteiger partial charge in [-0.1, -0.05) is 0 Å². The van der Waals surface area contributed by atoms with Crippen LogP contribution in [0, 0.1) is 5.92 Å². The number of guanidine groups is 1. The number of hydrogen-bond donors (Lipinski definition) is 2. The number of amides is 1. The smallest absolute Gasteiger partial charge is 0.216 e. The molecule has 1 amide bonds. The second kappa shape index (κ2) is 8.74. The first kappa shape index (κ1) is 15.8. The molecule has 1 atom stereocenters. The normalized spacial score (nSPS) is 19.6. The van der Waals surface area contributed by atoms with Crippen molar-refractivity contribution in [3.05, 3.63) is 0 Å². The van der Waals surface area contributed by atoms with E-state index < -0.39 is 0 Å². The Morgan fingerprint density at radius 1 is 1.47 bits per heavy atom. The predicted octanol–water partition coefficient (Wildman–Crippen LogP) is 0.0563. The number of nitrogens with one attached hydrogen (secondary N) is 2. The molecule has 0 aromatic rings. The summed E-state index contributed by atoms with van der Waals surface area (Å²) in [4.78, 5) is 17.6. The number of rotatable bonds is 6. The quantitative estimate of drug-likeness (QED) is 0.407. The molecule has 110 valence electrons. The van der Waals surface area contributed by atoms with Crippen molar-refractivity contribution < 1.29 is 9.53 Å². The van der Waals surface area contributed by atoms with Gasteiger partial charge in [0.15, 0.2) is 5.96 Å². The molecule has 1 aliphatic heterocycles. The Kier molecular flexibility index (Phi) is 7.25. The first-order chi connectivity index (χ1) is 9.17. The fourth-order valence-corrected chi connectivity index (χ4v) is 2.22. The average molecular weight is 270 g/mol. The van der Waals surface area contributed by atoms with Crippen molar-refractivity contribution in [3.8, 4) is 0 Å². The Bertz CT molecular complexity index is 307. The van der Waals surface area contributed by atoms with Crippen LogP contribution in [0.4, 0.5) is 0 Å². The Morgan fingerprint density at radius 2 is 2.26 bits per heavy atom. The Morgan fingerprint density at radius 3 is 2.89 bits per heavy atom. The first-order valence-corrected chi connectivity index (χ1v) is 6.94. The zero-order valence-corrected chi connectivity index (χ0v) is 12.2. The van der Waals surface area contributed by atoms with Gasteiger partial charge >= 0.3 is 0 Å². The maximum Gasteiger partial charge on any atom is 0.216 e. The molecule has 6 nitrogen and oxygen atoms in total. The van der Waals surface area contributed by atoms with Gasteiger partial charge < -0.3 is 20.3 Å². The molecule has 0 saturated carbocycles. The zero-order valence-electron chi connectivity index (χ0n) is 12.2. The van der Waals surface area contributed by atoms with E-state index in [9.17, 15) is 4.79 Å². The lowest BCUT2D eigenvalue weighted by Gasteiger charge is -2.21. The Balaban J connectivity index is 2.43. The van der Waals surface area contributed by atoms with Gasteiger partial charge in [-0.25, -0.2) is 0 Å². The van der Waals surface area contributed by atoms with E-state index in [4.69, 9.17) is 4.74 Å². The van der Waals surface area contributed by atoms with Crippen molar-refractivity contribution in [2.24, 2.45) is 10.9 Å². The summed E-state index contributed by atoms with van der Waals surface area (Å²) in [6.07, 6.45) is 1.14. The lowest BCUT2D eigenvalue weighted by molar-refractivity contribution is -0.118. The highest BCUT2D eigenvalue weighted by Gasteiger charge is 2.24. The highest BCUT2D eigenvalue weighted by atomic mass is 16.5. The second-order valence-corrected chi connectivity index (χ2v) is 4.77. The average Bonchev–Trinajstić information content (AvgIpc) is 2.82. The number of ether oxygens (including phenoxy) is 1. The van der Waals surface area contributed by atoms with Crippen LogP contribution in [0.1, 0.15) is 20.3 Å². The standard InChI is InChI=1S/C13H26N4O2/c1-4-14-13(16-7-6-15-11(2)18)17-8-5-12(9-17)10-19-3/h12H,4-10H2,1-3H3,(H,14,16)(H,15,18). The molecular formula is C13H26N4O2. The molecule has 1 unspecified atom stereocenters. The molecule has 1 rings (SSSR count). The van der Waals surface area contributed by atoms with Crippen molar-refractivity contribution in [1.29, 1.82) is 0 Å². The van der Waals surface area contributed by atoms with Gasteiger partial charge in [0.25, 0.3) is 0 Å². The topological polar surface area (TPSA) is 66.0 Å². The van der Waals surface area contributed by atoms with Crippen LogP contribution >= 0.6 is 0 Å². The van der Waals surface area contributed by atoms with Crippen molar-refractivity contribution in [3.63, 3.8) is 0 Å². The molecule has 0 aromatic carbocycles. The number of nitrogens with zero attached hydrogens (tertiary/aromatic N) is 2. The van der Waals surface area contributed by atoms with Gasteiger partial charge in [0.05, 0.1) is 13.2 Å². The van der Waals surface area contributed by atoms with Crippen LogP contribution in [-0.2, 0) is 9.53 Å². The van der Waals surface area contributed by atoms with Gasteiger partial charge in [0.1, 0.15) is 0 Å². The summed E-state index contributed by atoms with van der Waals surface area (Å²) in [5, 5.41) is 6.05. The summed E-state index contributed by atoms with van der Waals surface area (Å²) in [6.45, 7) is 8.43. The van der Waals surface area contributed by atoms with Crippen LogP contribution in [0.2, 0.25) is 0 Å². The fourth-order valence-electron chi connectivity index (χ4n) is 2.22. The molecular weight excluding hydrogens is 244 g/mol. The minimum Gasteiger partial charge on any atom is -0.384 e. The van der Waals surface area contributed by atoms with E-state index in [1.807, 2.05) is 0 Å². The summed E-state index contributed by atoms with van der Waals surface area (Å²) in [5.74, 6) is 1.51. The molecule has 0 spiro atoms. The monoisotopic (exact) mass is 270 g/mol. The van der Waals surface area contributed by atoms with Gasteiger partial charge in [-0.15, -0.1) is 0 Å². The summed E-state index contributed by atoms with van der Waals surface area (Å²) < 4.78 is 5.20. The van der Waals surface area contributed by atoms with E-state index in [1.54, 1.807) is 7.11 Å². The van der Waals surface area contributed by atoms with Crippen molar-refractivity contribution in [2.45, 2.75) is 20.3 Å². The van der Waals surface area contributed by atoms with Gasteiger partial charge in [-0.2, -0.15) is 0 Å². The molecule has 2 N–H and O–H groups in total. The zero-order chi connectivity index (χ0) is 14.1. The van der Waals surface area contributed by atoms with E-state index >= 15 is 0 Å². The highest BCUT2D eigenvalue weighted by molar-refractivity contribution is 5.80. The van der Waals surface area contributed by atoms with Crippen LogP contribution in [0.5, 0.6) is 0 Å². The third-order valence-corrected chi connectivity index (χ3v) is 3.07. The minimum absolute atomic E-state index is 0.0125. The maximum absolute atomic E-state index is 10.8. The summed E-state index contributed by atoms with van der Waals surface area (Å²) in [5.41, 5.74) is 0. The largest absolute Gasteiger partial charge is 0.384 e. The Labute approximate surface area is 115 Å². The maximum atomic E-state index is 10.8. The minimum atomic E-state index is -0.0125. The van der Waals surface area contributed by atoms with E-state index in [0.29, 0.717) is 19.0 Å². The van der Waals surface area contributed by atoms with E-state index in [0.717, 1.165) is 38.6 Å². The fraction of sp³-hybridized carbons (Fsp3) is 0.846. The molecule has 0 bridgehead atoms. The molecule has 1 aliphatic rings. The highest BCUT2D eigenvalue weighted by Crippen LogP contribution is 2.16. The molecule has 1 saturated heterocycles. The number of hydrogen-bond acceptors (Lipinski definition) is 3. The Hall–Kier alpha value is -1.30. The van der Waals surface area contributed by atoms with Gasteiger partial charge in [-0.3, -0.25) is 9.79 Å². The van der Waals surface area contributed by atoms with Crippen LogP contribution < -0.4 is 10.6 Å². The second-order valence-electron chi connectivity index (χ2n) is 4.77. The number of carbonyl (C=O) groups is 1. The van der Waals surface area contributed by atoms with Crippen molar-refractivity contribution >= 4 is 11.9 Å². The number of aliphatic imine (C=N–C) groups is 1. The lowest BCUT2D eigenvalue weighted by Crippen LogP contribution is -2.40. The first-order valence-electron chi connectivity index (χ1n) is 6.94. The van der Waals surface area contributed by atoms with E-state index in [1.165, 1.54) is 6.92 Å². The summed E-state index contributed by atoms with van der Waals surface area (Å²) in [7, 11) is 1.75. The third kappa shape index (κ3) is 5.92. The predicted molar refractivity (Wildman–Crippen MR) is 76.2 cm³/mol. The molecule has 1 fully saturated rings. The van der Waals surface area contributed by atoms with Crippen LogP contribution in [0.3, 0.4) is 0 Å². The van der Waals surface area contributed by atoms with Crippen molar-refractivity contribution in [1.82, 2.24) is 15.5 Å². The molecule has 0 aliphatic carbocycles. The molecule has 19 heavy (non-hydrogen) atoms. The summed E-state index contributed by atoms with van der Waals surface area (Å²) in [6, 6.07) is 0. The van der Waals surface area contributed by atoms with E-state index in [-0.39, 0.29) is 5.91 Å². The van der Waals surface area contributed by atoms with Crippen LogP contribution in [0.25, 0.3) is 0 Å². The SMILES string of the molecule is CCNC(=NCCNC(C)=O)N1CCC(COC)C1. The van der Waals surface area contributed by atoms with Gasteiger partial charge in [0, 0.05) is 46.1 Å². The van der Waals surface area contributed by atoms with E-state index in [2.05, 4.69) is 27.4 Å². The van der Waals surface area contributed by atoms with Gasteiger partial charge in [0.2, 0.25) is 5.91 Å². The number of likely N-dealkylation sites (tertiary alicyclic amines) is 1. The molecule has 0 aromatic heterocycles. The summed E-state index contributed by atoms with van der Waals surface area (Å²) >= 11 is 0. The van der Waals surface area contributed by atoms with Gasteiger partial charge in [-0.05, 0) is 13.3 Å². The number of carbonyl (C=O) groups excluding carboxylic acids is 1. The lowest BCUT2D eigenvalue weighted by atomic mass is 10.1. The molecule has 1 heterocycles. The molecule has 6 heteroatoms. The number of methoxy groups -OCH3 is 1. The molecule has 0 radical (unpaired) electrons. The van der Waals surface area contributed by atoms with Crippen LogP contribution in [-0.4, -0.2) is 63.2 Å². The van der Waals surface area contributed by atoms with Crippen molar-refractivity contribution in [2.75, 3.05) is 46.4 Å². The third-order valence-electron chi connectivity index (χ3n) is 3.07.